The second kappa shape index (κ2) is 9.72. The van der Waals surface area contributed by atoms with Gasteiger partial charge in [0.2, 0.25) is 0 Å². The Morgan fingerprint density at radius 1 is 1.26 bits per heavy atom. The van der Waals surface area contributed by atoms with E-state index >= 15 is 0 Å². The number of ether oxygens (including phenoxy) is 2. The van der Waals surface area contributed by atoms with Gasteiger partial charge in [0.25, 0.3) is 0 Å². The highest BCUT2D eigenvalue weighted by atomic mass is 17.2. The van der Waals surface area contributed by atoms with Gasteiger partial charge in [0.05, 0.1) is 7.11 Å². The Labute approximate surface area is 115 Å². The molecule has 0 aliphatic heterocycles. The van der Waals surface area contributed by atoms with E-state index in [0.29, 0.717) is 0 Å². The van der Waals surface area contributed by atoms with E-state index in [9.17, 15) is 4.79 Å². The lowest BCUT2D eigenvalue weighted by Crippen LogP contribution is -2.29. The maximum absolute atomic E-state index is 10.9. The standard InChI is InChI=1S/C14H24O5/c1-6-9-12(18-19-14(2,3)17-5)10-7-8-11-13(15)16-4/h7-8,10-12H,6,9H2,1-5H3/b10-7-,11-8+. The number of rotatable bonds is 9. The summed E-state index contributed by atoms with van der Waals surface area (Å²) in [4.78, 5) is 21.4. The summed E-state index contributed by atoms with van der Waals surface area (Å²) >= 11 is 0. The maximum atomic E-state index is 10.9. The molecule has 19 heavy (non-hydrogen) atoms. The van der Waals surface area contributed by atoms with E-state index in [2.05, 4.69) is 11.7 Å². The van der Waals surface area contributed by atoms with E-state index in [1.807, 2.05) is 6.08 Å². The third kappa shape index (κ3) is 9.41. The molecule has 0 heterocycles. The topological polar surface area (TPSA) is 54.0 Å². The molecule has 0 rings (SSSR count). The second-order valence-electron chi connectivity index (χ2n) is 4.38. The smallest absolute Gasteiger partial charge is 0.330 e. The van der Waals surface area contributed by atoms with Crippen LogP contribution < -0.4 is 0 Å². The molecule has 0 N–H and O–H groups in total. The fourth-order valence-electron chi connectivity index (χ4n) is 1.06. The van der Waals surface area contributed by atoms with Crippen LogP contribution in [0.5, 0.6) is 0 Å². The first kappa shape index (κ1) is 17.8. The van der Waals surface area contributed by atoms with Crippen molar-refractivity contribution in [1.29, 1.82) is 0 Å². The molecule has 0 saturated carbocycles. The van der Waals surface area contributed by atoms with Crippen molar-refractivity contribution < 1.29 is 24.0 Å². The predicted molar refractivity (Wildman–Crippen MR) is 72.3 cm³/mol. The molecule has 1 unspecified atom stereocenters. The summed E-state index contributed by atoms with van der Waals surface area (Å²) < 4.78 is 9.57. The zero-order valence-electron chi connectivity index (χ0n) is 12.3. The van der Waals surface area contributed by atoms with E-state index in [0.717, 1.165) is 12.8 Å². The molecular weight excluding hydrogens is 248 g/mol. The number of carbonyl (C=O) groups is 1. The highest BCUT2D eigenvalue weighted by Crippen LogP contribution is 2.14. The minimum Gasteiger partial charge on any atom is -0.466 e. The third-order valence-corrected chi connectivity index (χ3v) is 2.31. The van der Waals surface area contributed by atoms with Crippen LogP contribution in [0.1, 0.15) is 33.6 Å². The SMILES string of the molecule is CCCC(/C=C\C=C\C(=O)OC)OOC(C)(C)OC. The summed E-state index contributed by atoms with van der Waals surface area (Å²) in [5.41, 5.74) is 0. The van der Waals surface area contributed by atoms with Crippen LogP contribution in [0.4, 0.5) is 0 Å². The molecule has 5 heteroatoms. The zero-order chi connectivity index (χ0) is 14.7. The molecule has 1 atom stereocenters. The first-order valence-corrected chi connectivity index (χ1v) is 6.27. The Morgan fingerprint density at radius 3 is 2.47 bits per heavy atom. The van der Waals surface area contributed by atoms with Crippen LogP contribution in [-0.2, 0) is 24.0 Å². The van der Waals surface area contributed by atoms with Crippen LogP contribution in [0, 0.1) is 0 Å². The second-order valence-corrected chi connectivity index (χ2v) is 4.38. The van der Waals surface area contributed by atoms with Crippen molar-refractivity contribution >= 4 is 5.97 Å². The largest absolute Gasteiger partial charge is 0.466 e. The van der Waals surface area contributed by atoms with Crippen LogP contribution >= 0.6 is 0 Å². The highest BCUT2D eigenvalue weighted by molar-refractivity contribution is 5.82. The van der Waals surface area contributed by atoms with Gasteiger partial charge in [0.1, 0.15) is 6.10 Å². The summed E-state index contributed by atoms with van der Waals surface area (Å²) in [5.74, 6) is -1.18. The lowest BCUT2D eigenvalue weighted by molar-refractivity contribution is -0.425. The van der Waals surface area contributed by atoms with Crippen LogP contribution in [-0.4, -0.2) is 32.1 Å². The maximum Gasteiger partial charge on any atom is 0.330 e. The molecule has 5 nitrogen and oxygen atoms in total. The summed E-state index contributed by atoms with van der Waals surface area (Å²) in [6.07, 6.45) is 8.03. The van der Waals surface area contributed by atoms with Crippen molar-refractivity contribution in [2.45, 2.75) is 45.5 Å². The zero-order valence-corrected chi connectivity index (χ0v) is 12.3. The lowest BCUT2D eigenvalue weighted by atomic mass is 10.2. The molecule has 0 spiro atoms. The number of carbonyl (C=O) groups excluding carboxylic acids is 1. The quantitative estimate of drug-likeness (QED) is 0.161. The van der Waals surface area contributed by atoms with Gasteiger partial charge in [-0.3, -0.25) is 0 Å². The molecule has 0 aromatic heterocycles. The van der Waals surface area contributed by atoms with Gasteiger partial charge >= 0.3 is 5.97 Å². The summed E-state index contributed by atoms with van der Waals surface area (Å²) in [6.45, 7) is 5.57. The molecule has 110 valence electrons. The predicted octanol–water partition coefficient (Wildman–Crippen LogP) is 2.77. The van der Waals surface area contributed by atoms with Crippen LogP contribution in [0.3, 0.4) is 0 Å². The van der Waals surface area contributed by atoms with Crippen molar-refractivity contribution in [3.05, 3.63) is 24.3 Å². The molecule has 0 saturated heterocycles. The molecule has 0 aromatic carbocycles. The lowest BCUT2D eigenvalue weighted by Gasteiger charge is -2.24. The van der Waals surface area contributed by atoms with E-state index in [1.165, 1.54) is 13.2 Å². The number of esters is 1. The van der Waals surface area contributed by atoms with Gasteiger partial charge in [-0.2, -0.15) is 0 Å². The van der Waals surface area contributed by atoms with Crippen LogP contribution in [0.25, 0.3) is 0 Å². The summed E-state index contributed by atoms with van der Waals surface area (Å²) in [5, 5.41) is 0. The Kier molecular flexibility index (Phi) is 9.12. The minimum atomic E-state index is -0.790. The number of allylic oxidation sites excluding steroid dienone is 2. The molecule has 0 aliphatic carbocycles. The molecule has 0 aliphatic rings. The van der Waals surface area contributed by atoms with Crippen molar-refractivity contribution in [2.24, 2.45) is 0 Å². The van der Waals surface area contributed by atoms with E-state index in [1.54, 1.807) is 33.1 Å². The molecule has 0 bridgehead atoms. The molecule has 0 fully saturated rings. The van der Waals surface area contributed by atoms with E-state index in [4.69, 9.17) is 14.5 Å². The Balaban J connectivity index is 4.29. The first-order valence-electron chi connectivity index (χ1n) is 6.27. The molecule has 0 aromatic rings. The highest BCUT2D eigenvalue weighted by Gasteiger charge is 2.20. The average Bonchev–Trinajstić information content (AvgIpc) is 2.40. The Bertz CT molecular complexity index is 307. The van der Waals surface area contributed by atoms with E-state index in [-0.39, 0.29) is 6.10 Å². The molecular formula is C14H24O5. The molecule has 0 radical (unpaired) electrons. The number of methoxy groups -OCH3 is 2. The number of hydrogen-bond acceptors (Lipinski definition) is 5. The van der Waals surface area contributed by atoms with Gasteiger partial charge in [0, 0.05) is 13.2 Å². The van der Waals surface area contributed by atoms with Crippen molar-refractivity contribution in [3.63, 3.8) is 0 Å². The van der Waals surface area contributed by atoms with Gasteiger partial charge in [-0.1, -0.05) is 31.6 Å². The van der Waals surface area contributed by atoms with E-state index < -0.39 is 11.8 Å². The fraction of sp³-hybridized carbons (Fsp3) is 0.643. The fourth-order valence-corrected chi connectivity index (χ4v) is 1.06. The Morgan fingerprint density at radius 2 is 1.95 bits per heavy atom. The van der Waals surface area contributed by atoms with Crippen molar-refractivity contribution in [3.8, 4) is 0 Å². The normalized spacial score (nSPS) is 14.2. The van der Waals surface area contributed by atoms with Gasteiger partial charge in [-0.15, -0.1) is 0 Å². The Hall–Kier alpha value is -1.17. The van der Waals surface area contributed by atoms with Gasteiger partial charge in [-0.25, -0.2) is 14.6 Å². The van der Waals surface area contributed by atoms with Crippen LogP contribution in [0.15, 0.2) is 24.3 Å². The van der Waals surface area contributed by atoms with Gasteiger partial charge in [-0.05, 0) is 20.3 Å². The third-order valence-electron chi connectivity index (χ3n) is 2.31. The van der Waals surface area contributed by atoms with Gasteiger partial charge in [0.15, 0.2) is 5.79 Å². The summed E-state index contributed by atoms with van der Waals surface area (Å²) in [6, 6.07) is 0. The van der Waals surface area contributed by atoms with Crippen LogP contribution in [0.2, 0.25) is 0 Å². The molecule has 0 amide bonds. The monoisotopic (exact) mass is 272 g/mol. The van der Waals surface area contributed by atoms with Gasteiger partial charge < -0.3 is 9.47 Å². The van der Waals surface area contributed by atoms with Crippen molar-refractivity contribution in [2.75, 3.05) is 14.2 Å². The average molecular weight is 272 g/mol. The minimum absolute atomic E-state index is 0.193. The van der Waals surface area contributed by atoms with Crippen molar-refractivity contribution in [1.82, 2.24) is 0 Å². The summed E-state index contributed by atoms with van der Waals surface area (Å²) in [7, 11) is 2.88. The number of hydrogen-bond donors (Lipinski definition) is 0. The first-order chi connectivity index (χ1) is 8.95.